The molecule has 4 N–H and O–H groups in total. The zero-order chi connectivity index (χ0) is 32.1. The SMILES string of the molecule is COc1ccc(S(=O)(=O)N(CC(C)C)C[C@@H](O)[C@H](CC2=CCN(CP(=O)(O)O)CC2)NC(=O)O[C@H]2CO[C@H]3OCC[C@H]32)cc1. The highest BCUT2D eigenvalue weighted by Crippen LogP contribution is 2.36. The Hall–Kier alpha value is -2.07. The molecular weight excluding hydrogens is 617 g/mol. The summed E-state index contributed by atoms with van der Waals surface area (Å²) in [6, 6.07) is 5.08. The van der Waals surface area contributed by atoms with E-state index in [9.17, 15) is 32.7 Å². The standard InChI is InChI=1S/C28H44N3O11PS/c1-19(2)15-31(44(37,38)22-6-4-21(39-3)5-7-22)16-25(32)24(14-20-8-11-30(12-9-20)18-43(34,35)36)29-28(33)42-26-17-41-27-23(26)10-13-40-27/h4-8,19,23-27,32H,9-18H2,1-3H3,(H,29,33)(H2,34,35,36)/t23-,24-,25+,26-,27+/m0/s1. The van der Waals surface area contributed by atoms with Gasteiger partial charge in [0.2, 0.25) is 10.0 Å². The molecule has 4 rings (SSSR count). The van der Waals surface area contributed by atoms with Crippen LogP contribution in [0.4, 0.5) is 4.79 Å². The number of carbonyl (C=O) groups excluding carboxylic acids is 1. The first-order chi connectivity index (χ1) is 20.7. The fraction of sp³-hybridized carbons (Fsp3) is 0.679. The van der Waals surface area contributed by atoms with Crippen molar-refractivity contribution in [2.24, 2.45) is 11.8 Å². The summed E-state index contributed by atoms with van der Waals surface area (Å²) >= 11 is 0. The molecule has 2 fully saturated rings. The number of rotatable bonds is 14. The smallest absolute Gasteiger partial charge is 0.407 e. The summed E-state index contributed by atoms with van der Waals surface area (Å²) in [5, 5.41) is 14.3. The Labute approximate surface area is 258 Å². The Morgan fingerprint density at radius 3 is 2.55 bits per heavy atom. The fourth-order valence-electron chi connectivity index (χ4n) is 5.67. The lowest BCUT2D eigenvalue weighted by Gasteiger charge is -2.32. The number of fused-ring (bicyclic) bond motifs is 1. The van der Waals surface area contributed by atoms with Crippen molar-refractivity contribution < 1.29 is 51.6 Å². The second-order valence-corrected chi connectivity index (χ2v) is 15.4. The number of amides is 1. The zero-order valence-corrected chi connectivity index (χ0v) is 27.0. The highest BCUT2D eigenvalue weighted by Gasteiger charge is 2.44. The Morgan fingerprint density at radius 1 is 1.20 bits per heavy atom. The molecular formula is C28H44N3O11PS. The van der Waals surface area contributed by atoms with Gasteiger partial charge in [-0.3, -0.25) is 9.46 Å². The van der Waals surface area contributed by atoms with Crippen molar-refractivity contribution in [1.29, 1.82) is 0 Å². The van der Waals surface area contributed by atoms with Crippen LogP contribution >= 0.6 is 7.60 Å². The molecule has 5 atom stereocenters. The Balaban J connectivity index is 1.51. The molecule has 16 heteroatoms. The molecule has 0 aromatic heterocycles. The summed E-state index contributed by atoms with van der Waals surface area (Å²) in [7, 11) is -6.75. The van der Waals surface area contributed by atoms with Gasteiger partial charge >= 0.3 is 13.7 Å². The third-order valence-electron chi connectivity index (χ3n) is 7.92. The van der Waals surface area contributed by atoms with Gasteiger partial charge in [0.15, 0.2) is 6.29 Å². The number of alkyl carbamates (subject to hydrolysis) is 1. The van der Waals surface area contributed by atoms with Gasteiger partial charge in [-0.15, -0.1) is 0 Å². The molecule has 0 radical (unpaired) electrons. The number of sulfonamides is 1. The number of aliphatic hydroxyl groups is 1. The number of nitrogens with one attached hydrogen (secondary N) is 1. The quantitative estimate of drug-likeness (QED) is 0.168. The Bertz CT molecular complexity index is 1300. The van der Waals surface area contributed by atoms with E-state index in [0.717, 1.165) is 5.57 Å². The minimum absolute atomic E-state index is 0.0461. The largest absolute Gasteiger partial charge is 0.497 e. The lowest BCUT2D eigenvalue weighted by Crippen LogP contribution is -2.51. The summed E-state index contributed by atoms with van der Waals surface area (Å²) < 4.78 is 61.9. The van der Waals surface area contributed by atoms with Crippen LogP contribution in [0.5, 0.6) is 5.75 Å². The van der Waals surface area contributed by atoms with Crippen LogP contribution in [0.3, 0.4) is 0 Å². The lowest BCUT2D eigenvalue weighted by molar-refractivity contribution is -0.0907. The maximum Gasteiger partial charge on any atom is 0.407 e. The van der Waals surface area contributed by atoms with Crippen molar-refractivity contribution in [3.05, 3.63) is 35.9 Å². The van der Waals surface area contributed by atoms with E-state index in [2.05, 4.69) is 5.32 Å². The third kappa shape index (κ3) is 9.47. The first kappa shape index (κ1) is 34.8. The predicted molar refractivity (Wildman–Crippen MR) is 159 cm³/mol. The van der Waals surface area contributed by atoms with Crippen LogP contribution in [0.25, 0.3) is 0 Å². The molecule has 14 nitrogen and oxygen atoms in total. The van der Waals surface area contributed by atoms with Crippen molar-refractivity contribution >= 4 is 23.7 Å². The number of ether oxygens (including phenoxy) is 4. The van der Waals surface area contributed by atoms with Crippen LogP contribution in [-0.2, 0) is 28.8 Å². The minimum atomic E-state index is -4.22. The fourth-order valence-corrected chi connectivity index (χ4v) is 8.07. The molecule has 2 saturated heterocycles. The van der Waals surface area contributed by atoms with Gasteiger partial charge in [0.05, 0.1) is 43.3 Å². The predicted octanol–water partition coefficient (Wildman–Crippen LogP) is 1.72. The third-order valence-corrected chi connectivity index (χ3v) is 10.5. The van der Waals surface area contributed by atoms with E-state index in [-0.39, 0.29) is 49.1 Å². The highest BCUT2D eigenvalue weighted by molar-refractivity contribution is 7.89. The monoisotopic (exact) mass is 661 g/mol. The van der Waals surface area contributed by atoms with Gasteiger partial charge < -0.3 is 39.2 Å². The van der Waals surface area contributed by atoms with Gasteiger partial charge in [-0.05, 0) is 49.4 Å². The van der Waals surface area contributed by atoms with E-state index in [4.69, 9.17) is 18.9 Å². The van der Waals surface area contributed by atoms with Crippen LogP contribution in [0.2, 0.25) is 0 Å². The van der Waals surface area contributed by atoms with Crippen molar-refractivity contribution in [3.63, 3.8) is 0 Å². The number of methoxy groups -OCH3 is 1. The molecule has 0 saturated carbocycles. The Morgan fingerprint density at radius 2 is 1.93 bits per heavy atom. The van der Waals surface area contributed by atoms with E-state index >= 15 is 0 Å². The summed E-state index contributed by atoms with van der Waals surface area (Å²) in [4.78, 5) is 33.4. The van der Waals surface area contributed by atoms with E-state index < -0.39 is 48.3 Å². The van der Waals surface area contributed by atoms with Crippen molar-refractivity contribution in [3.8, 4) is 5.75 Å². The molecule has 1 aromatic rings. The molecule has 1 amide bonds. The van der Waals surface area contributed by atoms with Gasteiger partial charge in [0, 0.05) is 26.2 Å². The second-order valence-electron chi connectivity index (χ2n) is 11.9. The number of carbonyl (C=O) groups is 1. The highest BCUT2D eigenvalue weighted by atomic mass is 32.2. The number of hydrogen-bond acceptors (Lipinski definition) is 10. The minimum Gasteiger partial charge on any atom is -0.497 e. The first-order valence-electron chi connectivity index (χ1n) is 14.7. The molecule has 3 aliphatic heterocycles. The summed E-state index contributed by atoms with van der Waals surface area (Å²) in [5.74, 6) is 0.364. The van der Waals surface area contributed by atoms with Crippen LogP contribution < -0.4 is 10.1 Å². The molecule has 248 valence electrons. The van der Waals surface area contributed by atoms with E-state index in [1.807, 2.05) is 19.9 Å². The van der Waals surface area contributed by atoms with Crippen molar-refractivity contribution in [2.45, 2.75) is 62.5 Å². The number of aliphatic hydroxyl groups excluding tert-OH is 1. The molecule has 44 heavy (non-hydrogen) atoms. The maximum atomic E-state index is 13.7. The van der Waals surface area contributed by atoms with E-state index in [1.165, 1.54) is 23.5 Å². The first-order valence-corrected chi connectivity index (χ1v) is 18.0. The van der Waals surface area contributed by atoms with Crippen molar-refractivity contribution in [2.75, 3.05) is 52.8 Å². The molecule has 3 aliphatic rings. The van der Waals surface area contributed by atoms with Crippen molar-refractivity contribution in [1.82, 2.24) is 14.5 Å². The average molecular weight is 662 g/mol. The van der Waals surface area contributed by atoms with Crippen LogP contribution in [0.15, 0.2) is 40.8 Å². The van der Waals surface area contributed by atoms with Gasteiger partial charge in [0.25, 0.3) is 0 Å². The van der Waals surface area contributed by atoms with Gasteiger partial charge in [-0.1, -0.05) is 25.5 Å². The Kier molecular flexibility index (Phi) is 11.9. The molecule has 3 heterocycles. The number of benzene rings is 1. The van der Waals surface area contributed by atoms with Gasteiger partial charge in [-0.25, -0.2) is 13.2 Å². The van der Waals surface area contributed by atoms with Gasteiger partial charge in [0.1, 0.15) is 18.1 Å². The second kappa shape index (κ2) is 15.0. The maximum absolute atomic E-state index is 13.7. The van der Waals surface area contributed by atoms with Crippen LogP contribution in [-0.4, -0.2) is 116 Å². The summed E-state index contributed by atoms with van der Waals surface area (Å²) in [6.07, 6.45) is -0.207. The van der Waals surface area contributed by atoms with Gasteiger partial charge in [-0.2, -0.15) is 4.31 Å². The van der Waals surface area contributed by atoms with Crippen LogP contribution in [0, 0.1) is 11.8 Å². The van der Waals surface area contributed by atoms with Crippen LogP contribution in [0.1, 0.15) is 33.1 Å². The molecule has 0 unspecified atom stereocenters. The normalized spacial score (nSPS) is 24.2. The number of hydrogen-bond donors (Lipinski definition) is 4. The number of nitrogens with zero attached hydrogens (tertiary/aromatic N) is 2. The molecule has 1 aromatic carbocycles. The molecule has 0 bridgehead atoms. The average Bonchev–Trinajstić information content (AvgIpc) is 3.57. The van der Waals surface area contributed by atoms with E-state index in [1.54, 1.807) is 17.0 Å². The van der Waals surface area contributed by atoms with E-state index in [0.29, 0.717) is 38.3 Å². The topological polar surface area (TPSA) is 184 Å². The zero-order valence-electron chi connectivity index (χ0n) is 25.3. The summed E-state index contributed by atoms with van der Waals surface area (Å²) in [5.41, 5.74) is 0.859. The lowest BCUT2D eigenvalue weighted by atomic mass is 9.96. The molecule has 0 aliphatic carbocycles. The summed E-state index contributed by atoms with van der Waals surface area (Å²) in [6.45, 7) is 4.97. The molecule has 0 spiro atoms.